The Morgan fingerprint density at radius 1 is 1.21 bits per heavy atom. The van der Waals surface area contributed by atoms with Crippen LogP contribution in [0.25, 0.3) is 0 Å². The molecule has 0 saturated carbocycles. The molecule has 24 heavy (non-hydrogen) atoms. The predicted molar refractivity (Wildman–Crippen MR) is 94.6 cm³/mol. The van der Waals surface area contributed by atoms with Gasteiger partial charge in [-0.2, -0.15) is 0 Å². The van der Waals surface area contributed by atoms with Crippen LogP contribution in [0.1, 0.15) is 57.9 Å². The molecular formula is C19H29NO4. The van der Waals surface area contributed by atoms with Crippen LogP contribution in [0.15, 0.2) is 24.3 Å². The number of rotatable bonds is 12. The van der Waals surface area contributed by atoms with Gasteiger partial charge in [0.25, 0.3) is 0 Å². The molecule has 1 atom stereocenters. The first-order chi connectivity index (χ1) is 11.5. The molecule has 5 nitrogen and oxygen atoms in total. The fourth-order valence-corrected chi connectivity index (χ4v) is 2.45. The maximum Gasteiger partial charge on any atom is 0.405 e. The SMILES string of the molecule is CCCCCCCOc1ccc(CC[C@](C)(C=O)NC(=O)O)cc1. The van der Waals surface area contributed by atoms with E-state index >= 15 is 0 Å². The number of nitrogens with one attached hydrogen (secondary N) is 1. The maximum atomic E-state index is 11.1. The lowest BCUT2D eigenvalue weighted by Crippen LogP contribution is -2.47. The average Bonchev–Trinajstić information content (AvgIpc) is 2.56. The lowest BCUT2D eigenvalue weighted by molar-refractivity contribution is -0.112. The third-order valence-electron chi connectivity index (χ3n) is 4.03. The van der Waals surface area contributed by atoms with Crippen molar-refractivity contribution in [3.63, 3.8) is 0 Å². The first kappa shape index (κ1) is 20.0. The molecule has 1 rings (SSSR count). The smallest absolute Gasteiger partial charge is 0.405 e. The molecule has 5 heteroatoms. The second kappa shape index (κ2) is 10.7. The number of aryl methyl sites for hydroxylation is 1. The van der Waals surface area contributed by atoms with Gasteiger partial charge < -0.3 is 20.0 Å². The second-order valence-corrected chi connectivity index (χ2v) is 6.37. The summed E-state index contributed by atoms with van der Waals surface area (Å²) in [4.78, 5) is 21.8. The summed E-state index contributed by atoms with van der Waals surface area (Å²) >= 11 is 0. The monoisotopic (exact) mass is 335 g/mol. The largest absolute Gasteiger partial charge is 0.494 e. The van der Waals surface area contributed by atoms with Crippen molar-refractivity contribution in [2.75, 3.05) is 6.61 Å². The van der Waals surface area contributed by atoms with Gasteiger partial charge in [-0.25, -0.2) is 4.79 Å². The highest BCUT2D eigenvalue weighted by atomic mass is 16.5. The molecule has 1 aromatic carbocycles. The van der Waals surface area contributed by atoms with Crippen LogP contribution >= 0.6 is 0 Å². The Kier molecular flexibility index (Phi) is 8.90. The molecule has 0 heterocycles. The van der Waals surface area contributed by atoms with Crippen LogP contribution in [0.5, 0.6) is 5.75 Å². The zero-order chi connectivity index (χ0) is 17.8. The minimum absolute atomic E-state index is 0.417. The van der Waals surface area contributed by atoms with E-state index in [0.717, 1.165) is 24.3 Å². The molecule has 0 aliphatic carbocycles. The number of aldehydes is 1. The Hall–Kier alpha value is -2.04. The van der Waals surface area contributed by atoms with Crippen LogP contribution < -0.4 is 10.1 Å². The topological polar surface area (TPSA) is 75.6 Å². The molecule has 134 valence electrons. The molecule has 0 bridgehead atoms. The number of carboxylic acid groups (broad SMARTS) is 1. The first-order valence-corrected chi connectivity index (χ1v) is 8.68. The van der Waals surface area contributed by atoms with Crippen molar-refractivity contribution in [3.8, 4) is 5.75 Å². The molecule has 0 aliphatic heterocycles. The van der Waals surface area contributed by atoms with Crippen molar-refractivity contribution in [3.05, 3.63) is 29.8 Å². The van der Waals surface area contributed by atoms with E-state index in [4.69, 9.17) is 9.84 Å². The third kappa shape index (κ3) is 7.99. The van der Waals surface area contributed by atoms with Crippen molar-refractivity contribution in [1.82, 2.24) is 5.32 Å². The minimum atomic E-state index is -1.19. The highest BCUT2D eigenvalue weighted by molar-refractivity contribution is 5.74. The van der Waals surface area contributed by atoms with Gasteiger partial charge in [-0.3, -0.25) is 0 Å². The van der Waals surface area contributed by atoms with Gasteiger partial charge >= 0.3 is 6.09 Å². The third-order valence-corrected chi connectivity index (χ3v) is 4.03. The maximum absolute atomic E-state index is 11.1. The summed E-state index contributed by atoms with van der Waals surface area (Å²) in [7, 11) is 0. The lowest BCUT2D eigenvalue weighted by atomic mass is 9.95. The number of benzene rings is 1. The van der Waals surface area contributed by atoms with E-state index in [2.05, 4.69) is 12.2 Å². The number of carbonyl (C=O) groups excluding carboxylic acids is 1. The summed E-state index contributed by atoms with van der Waals surface area (Å²) in [5, 5.41) is 11.0. The van der Waals surface area contributed by atoms with E-state index in [9.17, 15) is 9.59 Å². The minimum Gasteiger partial charge on any atom is -0.494 e. The molecule has 0 aromatic heterocycles. The van der Waals surface area contributed by atoms with Crippen molar-refractivity contribution in [2.24, 2.45) is 0 Å². The number of unbranched alkanes of at least 4 members (excludes halogenated alkanes) is 4. The Balaban J connectivity index is 2.36. The number of ether oxygens (including phenoxy) is 1. The highest BCUT2D eigenvalue weighted by Gasteiger charge is 2.25. The van der Waals surface area contributed by atoms with Crippen LogP contribution in [-0.2, 0) is 11.2 Å². The van der Waals surface area contributed by atoms with Gasteiger partial charge in [0.15, 0.2) is 0 Å². The Labute approximate surface area is 144 Å². The fraction of sp³-hybridized carbons (Fsp3) is 0.579. The zero-order valence-corrected chi connectivity index (χ0v) is 14.7. The van der Waals surface area contributed by atoms with Gasteiger partial charge in [0.2, 0.25) is 0 Å². The first-order valence-electron chi connectivity index (χ1n) is 8.68. The Morgan fingerprint density at radius 2 is 1.88 bits per heavy atom. The van der Waals surface area contributed by atoms with Crippen LogP contribution in [0, 0.1) is 0 Å². The summed E-state index contributed by atoms with van der Waals surface area (Å²) in [6.45, 7) is 4.52. The van der Waals surface area contributed by atoms with Gasteiger partial charge in [-0.05, 0) is 43.9 Å². The van der Waals surface area contributed by atoms with Crippen molar-refractivity contribution >= 4 is 12.4 Å². The van der Waals surface area contributed by atoms with Crippen molar-refractivity contribution < 1.29 is 19.4 Å². The Bertz CT molecular complexity index is 501. The molecular weight excluding hydrogens is 306 g/mol. The van der Waals surface area contributed by atoms with Crippen molar-refractivity contribution in [1.29, 1.82) is 0 Å². The molecule has 1 amide bonds. The predicted octanol–water partition coefficient (Wildman–Crippen LogP) is 4.19. The summed E-state index contributed by atoms with van der Waals surface area (Å²) in [5.74, 6) is 0.844. The van der Waals surface area contributed by atoms with Crippen LogP contribution in [0.4, 0.5) is 4.79 Å². The fourth-order valence-electron chi connectivity index (χ4n) is 2.45. The molecule has 0 saturated heterocycles. The second-order valence-electron chi connectivity index (χ2n) is 6.37. The van der Waals surface area contributed by atoms with E-state index in [-0.39, 0.29) is 0 Å². The van der Waals surface area contributed by atoms with Gasteiger partial charge in [0.1, 0.15) is 12.0 Å². The molecule has 0 radical (unpaired) electrons. The Morgan fingerprint density at radius 3 is 2.46 bits per heavy atom. The number of hydrogen-bond acceptors (Lipinski definition) is 3. The highest BCUT2D eigenvalue weighted by Crippen LogP contribution is 2.17. The summed E-state index contributed by atoms with van der Waals surface area (Å²) < 4.78 is 5.71. The van der Waals surface area contributed by atoms with Crippen LogP contribution in [0.2, 0.25) is 0 Å². The van der Waals surface area contributed by atoms with Gasteiger partial charge in [0, 0.05) is 0 Å². The van der Waals surface area contributed by atoms with E-state index < -0.39 is 11.6 Å². The normalized spacial score (nSPS) is 13.1. The summed E-state index contributed by atoms with van der Waals surface area (Å²) in [5.41, 5.74) is -0.00924. The molecule has 2 N–H and O–H groups in total. The van der Waals surface area contributed by atoms with Crippen LogP contribution in [0.3, 0.4) is 0 Å². The summed E-state index contributed by atoms with van der Waals surface area (Å²) in [6.07, 6.45) is 6.56. The van der Waals surface area contributed by atoms with Gasteiger partial charge in [0.05, 0.1) is 12.1 Å². The van der Waals surface area contributed by atoms with Crippen molar-refractivity contribution in [2.45, 2.75) is 64.3 Å². The lowest BCUT2D eigenvalue weighted by Gasteiger charge is -2.22. The molecule has 0 unspecified atom stereocenters. The number of amides is 1. The van der Waals surface area contributed by atoms with E-state index in [1.165, 1.54) is 25.7 Å². The average molecular weight is 335 g/mol. The summed E-state index contributed by atoms with van der Waals surface area (Å²) in [6, 6.07) is 7.76. The molecule has 0 spiro atoms. The molecule has 0 fully saturated rings. The number of hydrogen-bond donors (Lipinski definition) is 2. The van der Waals surface area contributed by atoms with Crippen LogP contribution in [-0.4, -0.2) is 29.6 Å². The van der Waals surface area contributed by atoms with E-state index in [1.807, 2.05) is 24.3 Å². The van der Waals surface area contributed by atoms with Gasteiger partial charge in [-0.15, -0.1) is 0 Å². The number of carbonyl (C=O) groups is 2. The zero-order valence-electron chi connectivity index (χ0n) is 14.7. The van der Waals surface area contributed by atoms with E-state index in [1.54, 1.807) is 6.92 Å². The van der Waals surface area contributed by atoms with Gasteiger partial charge in [-0.1, -0.05) is 44.7 Å². The van der Waals surface area contributed by atoms with E-state index in [0.29, 0.717) is 19.1 Å². The molecule has 1 aromatic rings. The molecule has 0 aliphatic rings. The standard InChI is InChI=1S/C19H29NO4/c1-3-4-5-6-7-14-24-17-10-8-16(9-11-17)12-13-19(2,15-21)20-18(22)23/h8-11,15,20H,3-7,12-14H2,1-2H3,(H,22,23)/t19-/m1/s1. The quantitative estimate of drug-likeness (QED) is 0.443.